The molecule has 0 amide bonds. The highest BCUT2D eigenvalue weighted by atomic mass is 16.3. The van der Waals surface area contributed by atoms with Crippen LogP contribution >= 0.6 is 0 Å². The lowest BCUT2D eigenvalue weighted by atomic mass is 9.99. The highest BCUT2D eigenvalue weighted by molar-refractivity contribution is 5.29. The molecule has 94 valence electrons. The zero-order valence-electron chi connectivity index (χ0n) is 10.4. The first kappa shape index (κ1) is 11.5. The van der Waals surface area contributed by atoms with Gasteiger partial charge in [-0.1, -0.05) is 24.3 Å². The minimum Gasteiger partial charge on any atom is -0.468 e. The molecule has 0 fully saturated rings. The highest BCUT2D eigenvalue weighted by Crippen LogP contribution is 2.20. The fraction of sp³-hybridized carbons (Fsp3) is 0.333. The molecule has 0 saturated heterocycles. The summed E-state index contributed by atoms with van der Waals surface area (Å²) in [6.07, 6.45) is 2.79. The van der Waals surface area contributed by atoms with Crippen LogP contribution in [0.1, 0.15) is 22.9 Å². The second kappa shape index (κ2) is 4.96. The second-order valence-electron chi connectivity index (χ2n) is 4.88. The molecule has 18 heavy (non-hydrogen) atoms. The molecule has 1 unspecified atom stereocenters. The van der Waals surface area contributed by atoms with Gasteiger partial charge in [0.15, 0.2) is 0 Å². The van der Waals surface area contributed by atoms with E-state index >= 15 is 0 Å². The molecule has 0 radical (unpaired) electrons. The van der Waals surface area contributed by atoms with Crippen molar-refractivity contribution < 1.29 is 4.42 Å². The van der Waals surface area contributed by atoms with Crippen molar-refractivity contribution in [2.45, 2.75) is 19.0 Å². The number of nitrogens with zero attached hydrogens (tertiary/aromatic N) is 1. The van der Waals surface area contributed by atoms with Crippen LogP contribution in [0.5, 0.6) is 0 Å². The number of benzene rings is 1. The molecular formula is C15H18N2O. The van der Waals surface area contributed by atoms with Crippen LogP contribution in [-0.4, -0.2) is 18.0 Å². The van der Waals surface area contributed by atoms with Gasteiger partial charge >= 0.3 is 0 Å². The van der Waals surface area contributed by atoms with Gasteiger partial charge in [-0.25, -0.2) is 0 Å². The third-order valence-corrected chi connectivity index (χ3v) is 3.57. The summed E-state index contributed by atoms with van der Waals surface area (Å²) in [5.41, 5.74) is 9.05. The first-order valence-electron chi connectivity index (χ1n) is 6.41. The standard InChI is InChI=1S/C15H18N2O/c16-14(15-6-3-9-18-15)11-17-8-7-12-4-1-2-5-13(12)10-17/h1-6,9,14H,7-8,10-11,16H2. The van der Waals surface area contributed by atoms with Crippen molar-refractivity contribution in [2.24, 2.45) is 5.73 Å². The minimum atomic E-state index is -0.0368. The third-order valence-electron chi connectivity index (χ3n) is 3.57. The van der Waals surface area contributed by atoms with Gasteiger partial charge in [-0.2, -0.15) is 0 Å². The fourth-order valence-electron chi connectivity index (χ4n) is 2.58. The van der Waals surface area contributed by atoms with E-state index in [0.717, 1.165) is 31.8 Å². The fourth-order valence-corrected chi connectivity index (χ4v) is 2.58. The first-order valence-corrected chi connectivity index (χ1v) is 6.41. The molecule has 1 aliphatic heterocycles. The molecule has 1 aliphatic rings. The van der Waals surface area contributed by atoms with E-state index in [-0.39, 0.29) is 6.04 Å². The van der Waals surface area contributed by atoms with E-state index in [1.165, 1.54) is 11.1 Å². The topological polar surface area (TPSA) is 42.4 Å². The van der Waals surface area contributed by atoms with Gasteiger partial charge in [-0.05, 0) is 29.7 Å². The SMILES string of the molecule is NC(CN1CCc2ccccc2C1)c1ccco1. The monoisotopic (exact) mass is 242 g/mol. The smallest absolute Gasteiger partial charge is 0.121 e. The molecule has 0 spiro atoms. The maximum absolute atomic E-state index is 6.15. The minimum absolute atomic E-state index is 0.0368. The summed E-state index contributed by atoms with van der Waals surface area (Å²) in [6.45, 7) is 2.91. The lowest BCUT2D eigenvalue weighted by molar-refractivity contribution is 0.229. The van der Waals surface area contributed by atoms with Gasteiger partial charge in [0.2, 0.25) is 0 Å². The molecule has 1 atom stereocenters. The summed E-state index contributed by atoms with van der Waals surface area (Å²) in [6, 6.07) is 12.4. The third kappa shape index (κ3) is 2.33. The molecule has 2 heterocycles. The Bertz CT molecular complexity index is 507. The van der Waals surface area contributed by atoms with Crippen LogP contribution in [0.4, 0.5) is 0 Å². The Labute approximate surface area is 107 Å². The summed E-state index contributed by atoms with van der Waals surface area (Å²) < 4.78 is 5.35. The van der Waals surface area contributed by atoms with E-state index in [4.69, 9.17) is 10.2 Å². The number of rotatable bonds is 3. The maximum Gasteiger partial charge on any atom is 0.121 e. The Morgan fingerprint density at radius 3 is 2.78 bits per heavy atom. The van der Waals surface area contributed by atoms with Gasteiger partial charge in [-0.15, -0.1) is 0 Å². The Morgan fingerprint density at radius 1 is 1.17 bits per heavy atom. The van der Waals surface area contributed by atoms with Crippen molar-refractivity contribution in [2.75, 3.05) is 13.1 Å². The van der Waals surface area contributed by atoms with Crippen molar-refractivity contribution in [3.8, 4) is 0 Å². The van der Waals surface area contributed by atoms with Crippen LogP contribution in [0.25, 0.3) is 0 Å². The number of fused-ring (bicyclic) bond motifs is 1. The molecule has 1 aromatic heterocycles. The summed E-state index contributed by atoms with van der Waals surface area (Å²) in [7, 11) is 0. The molecule has 2 aromatic rings. The van der Waals surface area contributed by atoms with Crippen molar-refractivity contribution >= 4 is 0 Å². The summed E-state index contributed by atoms with van der Waals surface area (Å²) in [5, 5.41) is 0. The van der Waals surface area contributed by atoms with E-state index in [0.29, 0.717) is 0 Å². The largest absolute Gasteiger partial charge is 0.468 e. The molecule has 3 nitrogen and oxygen atoms in total. The molecule has 0 aliphatic carbocycles. The van der Waals surface area contributed by atoms with Gasteiger partial charge in [0.05, 0.1) is 12.3 Å². The molecule has 2 N–H and O–H groups in total. The zero-order valence-corrected chi connectivity index (χ0v) is 10.4. The average Bonchev–Trinajstić information content (AvgIpc) is 2.92. The van der Waals surface area contributed by atoms with Crippen molar-refractivity contribution in [1.29, 1.82) is 0 Å². The molecule has 3 rings (SSSR count). The van der Waals surface area contributed by atoms with Crippen LogP contribution in [0.3, 0.4) is 0 Å². The Balaban J connectivity index is 1.66. The van der Waals surface area contributed by atoms with Crippen molar-refractivity contribution in [3.63, 3.8) is 0 Å². The van der Waals surface area contributed by atoms with Crippen LogP contribution in [0.2, 0.25) is 0 Å². The van der Waals surface area contributed by atoms with Crippen molar-refractivity contribution in [3.05, 3.63) is 59.5 Å². The van der Waals surface area contributed by atoms with Crippen LogP contribution < -0.4 is 5.73 Å². The predicted molar refractivity (Wildman–Crippen MR) is 71.1 cm³/mol. The lowest BCUT2D eigenvalue weighted by Crippen LogP contribution is -2.36. The number of nitrogens with two attached hydrogens (primary N) is 1. The van der Waals surface area contributed by atoms with Gasteiger partial charge in [0.1, 0.15) is 5.76 Å². The number of furan rings is 1. The zero-order chi connectivity index (χ0) is 12.4. The lowest BCUT2D eigenvalue weighted by Gasteiger charge is -2.30. The Kier molecular flexibility index (Phi) is 3.17. The van der Waals surface area contributed by atoms with E-state index in [1.54, 1.807) is 6.26 Å². The molecule has 1 aromatic carbocycles. The van der Waals surface area contributed by atoms with Crippen molar-refractivity contribution in [1.82, 2.24) is 4.90 Å². The molecule has 0 saturated carbocycles. The van der Waals surface area contributed by atoms with Crippen LogP contribution in [-0.2, 0) is 13.0 Å². The van der Waals surface area contributed by atoms with E-state index < -0.39 is 0 Å². The Morgan fingerprint density at radius 2 is 2.00 bits per heavy atom. The molecule has 0 bridgehead atoms. The normalized spacial score (nSPS) is 17.4. The van der Waals surface area contributed by atoms with Crippen LogP contribution in [0.15, 0.2) is 47.1 Å². The van der Waals surface area contributed by atoms with Crippen LogP contribution in [0, 0.1) is 0 Å². The summed E-state index contributed by atoms with van der Waals surface area (Å²) in [4.78, 5) is 2.40. The molecular weight excluding hydrogens is 224 g/mol. The number of hydrogen-bond donors (Lipinski definition) is 1. The predicted octanol–water partition coefficient (Wildman–Crippen LogP) is 2.34. The van der Waals surface area contributed by atoms with Gasteiger partial charge in [0.25, 0.3) is 0 Å². The number of hydrogen-bond acceptors (Lipinski definition) is 3. The average molecular weight is 242 g/mol. The van der Waals surface area contributed by atoms with E-state index in [2.05, 4.69) is 29.2 Å². The highest BCUT2D eigenvalue weighted by Gasteiger charge is 2.19. The summed E-state index contributed by atoms with van der Waals surface area (Å²) in [5.74, 6) is 0.869. The maximum atomic E-state index is 6.15. The first-order chi connectivity index (χ1) is 8.83. The van der Waals surface area contributed by atoms with Gasteiger partial charge in [-0.3, -0.25) is 4.90 Å². The van der Waals surface area contributed by atoms with E-state index in [1.807, 2.05) is 12.1 Å². The second-order valence-corrected chi connectivity index (χ2v) is 4.88. The van der Waals surface area contributed by atoms with Gasteiger partial charge < -0.3 is 10.2 Å². The summed E-state index contributed by atoms with van der Waals surface area (Å²) >= 11 is 0. The van der Waals surface area contributed by atoms with E-state index in [9.17, 15) is 0 Å². The Hall–Kier alpha value is -1.58. The quantitative estimate of drug-likeness (QED) is 0.898. The molecule has 3 heteroatoms. The van der Waals surface area contributed by atoms with Gasteiger partial charge in [0, 0.05) is 19.6 Å².